The molecular weight excluding hydrogens is 208 g/mol. The van der Waals surface area contributed by atoms with Gasteiger partial charge in [0.25, 0.3) is 0 Å². The van der Waals surface area contributed by atoms with E-state index in [-0.39, 0.29) is 0 Å². The fourth-order valence-corrected chi connectivity index (χ4v) is 1.95. The van der Waals surface area contributed by atoms with Crippen molar-refractivity contribution in [1.29, 1.82) is 0 Å². The van der Waals surface area contributed by atoms with Crippen molar-refractivity contribution in [2.45, 2.75) is 24.7 Å². The third kappa shape index (κ3) is 3.88. The third-order valence-corrected chi connectivity index (χ3v) is 3.32. The minimum absolute atomic E-state index is 0.386. The van der Waals surface area contributed by atoms with Gasteiger partial charge < -0.3 is 0 Å². The molecule has 0 aliphatic carbocycles. The molecule has 1 rings (SSSR count). The van der Waals surface area contributed by atoms with E-state index in [1.54, 1.807) is 12.1 Å². The van der Waals surface area contributed by atoms with E-state index in [0.717, 1.165) is 12.8 Å². The van der Waals surface area contributed by atoms with Crippen LogP contribution in [0.15, 0.2) is 41.3 Å². The number of allylic oxidation sites excluding steroid dienone is 2. The highest BCUT2D eigenvalue weighted by atomic mass is 32.2. The van der Waals surface area contributed by atoms with Crippen molar-refractivity contribution < 1.29 is 8.42 Å². The summed E-state index contributed by atoms with van der Waals surface area (Å²) >= 11 is 0. The van der Waals surface area contributed by atoms with Gasteiger partial charge in [-0.2, -0.15) is 0 Å². The Morgan fingerprint density at radius 3 is 2.27 bits per heavy atom. The number of aryl methyl sites for hydroxylation is 1. The summed E-state index contributed by atoms with van der Waals surface area (Å²) in [5.41, 5.74) is 1.17. The first-order chi connectivity index (χ1) is 7.04. The van der Waals surface area contributed by atoms with Crippen molar-refractivity contribution in [3.63, 3.8) is 0 Å². The van der Waals surface area contributed by atoms with Gasteiger partial charge in [-0.05, 0) is 37.5 Å². The normalized spacial score (nSPS) is 12.1. The number of sulfone groups is 1. The summed E-state index contributed by atoms with van der Waals surface area (Å²) in [5.74, 6) is 0. The van der Waals surface area contributed by atoms with Gasteiger partial charge in [0.2, 0.25) is 0 Å². The summed E-state index contributed by atoms with van der Waals surface area (Å²) in [7, 11) is -3.06. The summed E-state index contributed by atoms with van der Waals surface area (Å²) in [5, 5.41) is 0. The largest absolute Gasteiger partial charge is 0.224 e. The number of hydrogen-bond donors (Lipinski definition) is 0. The maximum absolute atomic E-state index is 11.2. The Hall–Kier alpha value is -1.09. The van der Waals surface area contributed by atoms with E-state index in [4.69, 9.17) is 0 Å². The maximum Gasteiger partial charge on any atom is 0.175 e. The first-order valence-electron chi connectivity index (χ1n) is 4.94. The number of hydrogen-bond acceptors (Lipinski definition) is 2. The van der Waals surface area contributed by atoms with Gasteiger partial charge in [-0.15, -0.1) is 0 Å². The summed E-state index contributed by atoms with van der Waals surface area (Å²) in [6.07, 6.45) is 7.29. The smallest absolute Gasteiger partial charge is 0.175 e. The van der Waals surface area contributed by atoms with Crippen molar-refractivity contribution in [3.8, 4) is 0 Å². The lowest BCUT2D eigenvalue weighted by Gasteiger charge is -2.01. The molecule has 0 amide bonds. The molecule has 2 nitrogen and oxygen atoms in total. The van der Waals surface area contributed by atoms with Crippen molar-refractivity contribution >= 4 is 9.84 Å². The van der Waals surface area contributed by atoms with Crippen molar-refractivity contribution in [1.82, 2.24) is 0 Å². The molecule has 0 fully saturated rings. The Kier molecular flexibility index (Phi) is 4.09. The molecule has 0 N–H and O–H groups in total. The molecule has 0 saturated heterocycles. The van der Waals surface area contributed by atoms with Gasteiger partial charge in [-0.25, -0.2) is 8.42 Å². The van der Waals surface area contributed by atoms with E-state index in [2.05, 4.69) is 6.08 Å². The zero-order chi connectivity index (χ0) is 11.3. The molecule has 0 heterocycles. The van der Waals surface area contributed by atoms with Crippen LogP contribution in [0.5, 0.6) is 0 Å². The lowest BCUT2D eigenvalue weighted by molar-refractivity contribution is 0.602. The molecule has 15 heavy (non-hydrogen) atoms. The molecule has 1 aromatic carbocycles. The van der Waals surface area contributed by atoms with Crippen molar-refractivity contribution in [2.75, 3.05) is 6.26 Å². The zero-order valence-corrected chi connectivity index (χ0v) is 9.92. The van der Waals surface area contributed by atoms with Gasteiger partial charge in [-0.3, -0.25) is 0 Å². The summed E-state index contributed by atoms with van der Waals surface area (Å²) in [6, 6.07) is 7.08. The van der Waals surface area contributed by atoms with Crippen molar-refractivity contribution in [3.05, 3.63) is 42.0 Å². The van der Waals surface area contributed by atoms with E-state index in [0.29, 0.717) is 4.90 Å². The minimum Gasteiger partial charge on any atom is -0.224 e. The molecule has 0 bridgehead atoms. The zero-order valence-electron chi connectivity index (χ0n) is 9.10. The quantitative estimate of drug-likeness (QED) is 0.737. The molecular formula is C12H16O2S. The predicted molar refractivity (Wildman–Crippen MR) is 62.7 cm³/mol. The molecule has 0 unspecified atom stereocenters. The first-order valence-corrected chi connectivity index (χ1v) is 6.83. The summed E-state index contributed by atoms with van der Waals surface area (Å²) in [6.45, 7) is 1.99. The van der Waals surface area contributed by atoms with Crippen LogP contribution in [0.2, 0.25) is 0 Å². The lowest BCUT2D eigenvalue weighted by Crippen LogP contribution is -1.96. The number of rotatable bonds is 4. The highest BCUT2D eigenvalue weighted by Gasteiger charge is 2.05. The molecule has 0 aromatic heterocycles. The standard InChI is InChI=1S/C12H16O2S/c1-3-4-5-6-11-7-9-12(10-8-11)15(2,13)14/h3-4,7-10H,5-6H2,1-2H3/b4-3-. The second-order valence-electron chi connectivity index (χ2n) is 3.52. The SMILES string of the molecule is C/C=C\CCc1ccc(S(C)(=O)=O)cc1. The molecule has 0 atom stereocenters. The molecule has 82 valence electrons. The third-order valence-electron chi connectivity index (χ3n) is 2.19. The summed E-state index contributed by atoms with van der Waals surface area (Å²) < 4.78 is 22.4. The fraction of sp³-hybridized carbons (Fsp3) is 0.333. The lowest BCUT2D eigenvalue weighted by atomic mass is 10.1. The highest BCUT2D eigenvalue weighted by molar-refractivity contribution is 7.90. The predicted octanol–water partition coefficient (Wildman–Crippen LogP) is 2.60. The van der Waals surface area contributed by atoms with Crippen LogP contribution in [0.4, 0.5) is 0 Å². The maximum atomic E-state index is 11.2. The highest BCUT2D eigenvalue weighted by Crippen LogP contribution is 2.11. The van der Waals surface area contributed by atoms with E-state index in [1.807, 2.05) is 25.1 Å². The van der Waals surface area contributed by atoms with Crippen LogP contribution in [0.25, 0.3) is 0 Å². The molecule has 0 saturated carbocycles. The van der Waals surface area contributed by atoms with Gasteiger partial charge in [0.1, 0.15) is 0 Å². The minimum atomic E-state index is -3.06. The Morgan fingerprint density at radius 2 is 1.80 bits per heavy atom. The number of benzene rings is 1. The van der Waals surface area contributed by atoms with Gasteiger partial charge in [0.05, 0.1) is 4.90 Å². The van der Waals surface area contributed by atoms with Crippen LogP contribution in [0, 0.1) is 0 Å². The van der Waals surface area contributed by atoms with Gasteiger partial charge >= 0.3 is 0 Å². The Morgan fingerprint density at radius 1 is 1.20 bits per heavy atom. The second kappa shape index (κ2) is 5.12. The molecule has 0 radical (unpaired) electrons. The topological polar surface area (TPSA) is 34.1 Å². The molecule has 0 aliphatic heterocycles. The molecule has 3 heteroatoms. The monoisotopic (exact) mass is 224 g/mol. The van der Waals surface area contributed by atoms with Crippen LogP contribution in [0.1, 0.15) is 18.9 Å². The van der Waals surface area contributed by atoms with Crippen molar-refractivity contribution in [2.24, 2.45) is 0 Å². The van der Waals surface area contributed by atoms with Crippen LogP contribution >= 0.6 is 0 Å². The Labute approximate surface area is 91.6 Å². The van der Waals surface area contributed by atoms with Gasteiger partial charge in [0.15, 0.2) is 9.84 Å². The van der Waals surface area contributed by atoms with E-state index < -0.39 is 9.84 Å². The Balaban J connectivity index is 2.73. The fourth-order valence-electron chi connectivity index (χ4n) is 1.32. The van der Waals surface area contributed by atoms with E-state index >= 15 is 0 Å². The van der Waals surface area contributed by atoms with E-state index in [9.17, 15) is 8.42 Å². The summed E-state index contributed by atoms with van der Waals surface area (Å²) in [4.78, 5) is 0.386. The van der Waals surface area contributed by atoms with E-state index in [1.165, 1.54) is 11.8 Å². The van der Waals surface area contributed by atoms with Crippen LogP contribution < -0.4 is 0 Å². The second-order valence-corrected chi connectivity index (χ2v) is 5.54. The average molecular weight is 224 g/mol. The first kappa shape index (κ1) is 12.0. The molecule has 1 aromatic rings. The van der Waals surface area contributed by atoms with Gasteiger partial charge in [-0.1, -0.05) is 24.3 Å². The average Bonchev–Trinajstić information content (AvgIpc) is 2.18. The van der Waals surface area contributed by atoms with Crippen LogP contribution in [0.3, 0.4) is 0 Å². The van der Waals surface area contributed by atoms with Gasteiger partial charge in [0, 0.05) is 6.26 Å². The molecule has 0 spiro atoms. The van der Waals surface area contributed by atoms with Crippen LogP contribution in [-0.2, 0) is 16.3 Å². The van der Waals surface area contributed by atoms with Crippen LogP contribution in [-0.4, -0.2) is 14.7 Å². The Bertz CT molecular complexity index is 427. The molecule has 0 aliphatic rings.